The molecular weight excluding hydrogens is 400 g/mol. The number of carbonyl (C=O) groups excluding carboxylic acids is 1. The third-order valence-electron chi connectivity index (χ3n) is 7.62. The standard InChI is InChI=1S/C32H56O/c1-5-32(33)25-17-15-13-11-9-7-6-8-10-12-14-16-24-31-27-26-29(3)21-18-20-28(2)22-19-23-30(31)4/h21-23,31H,5-20,24-27H2,1-4H3/b28-22-,29-21-,30-23+. The van der Waals surface area contributed by atoms with E-state index in [1.54, 1.807) is 16.7 Å². The van der Waals surface area contributed by atoms with Crippen LogP contribution in [0, 0.1) is 5.92 Å². The quantitative estimate of drug-likeness (QED) is 0.167. The van der Waals surface area contributed by atoms with Crippen LogP contribution in [0.4, 0.5) is 0 Å². The first-order chi connectivity index (χ1) is 16.0. The van der Waals surface area contributed by atoms with Crippen molar-refractivity contribution in [2.24, 2.45) is 5.92 Å². The van der Waals surface area contributed by atoms with E-state index in [1.165, 1.54) is 103 Å². The summed E-state index contributed by atoms with van der Waals surface area (Å²) in [5.41, 5.74) is 4.76. The van der Waals surface area contributed by atoms with Crippen LogP contribution >= 0.6 is 0 Å². The summed E-state index contributed by atoms with van der Waals surface area (Å²) >= 11 is 0. The highest BCUT2D eigenvalue weighted by Crippen LogP contribution is 2.27. The first-order valence-electron chi connectivity index (χ1n) is 14.5. The van der Waals surface area contributed by atoms with Crippen LogP contribution in [0.2, 0.25) is 0 Å². The highest BCUT2D eigenvalue weighted by molar-refractivity contribution is 5.77. The van der Waals surface area contributed by atoms with Gasteiger partial charge in [-0.15, -0.1) is 0 Å². The molecule has 0 N–H and O–H groups in total. The van der Waals surface area contributed by atoms with Crippen molar-refractivity contribution in [3.8, 4) is 0 Å². The van der Waals surface area contributed by atoms with Crippen LogP contribution < -0.4 is 0 Å². The molecule has 1 aliphatic carbocycles. The average Bonchev–Trinajstić information content (AvgIpc) is 2.80. The lowest BCUT2D eigenvalue weighted by atomic mass is 9.87. The second-order valence-electron chi connectivity index (χ2n) is 10.7. The van der Waals surface area contributed by atoms with Crippen molar-refractivity contribution in [1.82, 2.24) is 0 Å². The number of ketones is 1. The zero-order valence-corrected chi connectivity index (χ0v) is 22.9. The molecular formula is C32H56O. The molecule has 0 aromatic carbocycles. The maximum atomic E-state index is 11.3. The summed E-state index contributed by atoms with van der Waals surface area (Å²) < 4.78 is 0. The smallest absolute Gasteiger partial charge is 0.132 e. The molecule has 190 valence electrons. The first kappa shape index (κ1) is 29.9. The fraction of sp³-hybridized carbons (Fsp3) is 0.781. The molecule has 0 amide bonds. The molecule has 1 atom stereocenters. The van der Waals surface area contributed by atoms with Gasteiger partial charge in [0.2, 0.25) is 0 Å². The fourth-order valence-corrected chi connectivity index (χ4v) is 5.02. The molecule has 0 bridgehead atoms. The molecule has 1 rings (SSSR count). The van der Waals surface area contributed by atoms with Crippen LogP contribution in [0.5, 0.6) is 0 Å². The SMILES string of the molecule is CCC(=O)CCCCCCCCCCCCCCC1CC/C(C)=C\CC/C(C)=C\C/C=C/1C. The van der Waals surface area contributed by atoms with Crippen LogP contribution in [-0.2, 0) is 4.79 Å². The van der Waals surface area contributed by atoms with Crippen LogP contribution in [0.15, 0.2) is 34.9 Å². The van der Waals surface area contributed by atoms with Gasteiger partial charge in [0.05, 0.1) is 0 Å². The van der Waals surface area contributed by atoms with Crippen LogP contribution in [-0.4, -0.2) is 5.78 Å². The molecule has 1 heteroatoms. The number of hydrogen-bond donors (Lipinski definition) is 0. The van der Waals surface area contributed by atoms with E-state index in [1.807, 2.05) is 6.92 Å². The van der Waals surface area contributed by atoms with Crippen LogP contribution in [0.3, 0.4) is 0 Å². The molecule has 0 saturated carbocycles. The van der Waals surface area contributed by atoms with E-state index >= 15 is 0 Å². The molecule has 0 spiro atoms. The summed E-state index contributed by atoms with van der Waals surface area (Å²) in [4.78, 5) is 11.3. The van der Waals surface area contributed by atoms with Crippen molar-refractivity contribution < 1.29 is 4.79 Å². The van der Waals surface area contributed by atoms with Gasteiger partial charge in [0, 0.05) is 12.8 Å². The predicted molar refractivity (Wildman–Crippen MR) is 148 cm³/mol. The Balaban J connectivity index is 2.08. The molecule has 0 heterocycles. The topological polar surface area (TPSA) is 17.1 Å². The van der Waals surface area contributed by atoms with Gasteiger partial charge in [-0.3, -0.25) is 4.79 Å². The number of allylic oxidation sites excluding steroid dienone is 6. The molecule has 1 nitrogen and oxygen atoms in total. The molecule has 0 radical (unpaired) electrons. The van der Waals surface area contributed by atoms with Crippen LogP contribution in [0.1, 0.15) is 156 Å². The molecule has 0 aromatic heterocycles. The number of rotatable bonds is 16. The summed E-state index contributed by atoms with van der Waals surface area (Å²) in [6, 6.07) is 0. The largest absolute Gasteiger partial charge is 0.300 e. The highest BCUT2D eigenvalue weighted by Gasteiger charge is 2.11. The Labute approximate surface area is 207 Å². The Morgan fingerprint density at radius 2 is 1.27 bits per heavy atom. The second kappa shape index (κ2) is 20.3. The van der Waals surface area contributed by atoms with Crippen molar-refractivity contribution in [1.29, 1.82) is 0 Å². The van der Waals surface area contributed by atoms with E-state index in [9.17, 15) is 4.79 Å². The van der Waals surface area contributed by atoms with E-state index in [0.29, 0.717) is 12.2 Å². The second-order valence-corrected chi connectivity index (χ2v) is 10.7. The predicted octanol–water partition coefficient (Wildman–Crippen LogP) is 10.8. The number of carbonyl (C=O) groups is 1. The molecule has 1 unspecified atom stereocenters. The van der Waals surface area contributed by atoms with Crippen molar-refractivity contribution >= 4 is 5.78 Å². The van der Waals surface area contributed by atoms with Crippen molar-refractivity contribution in [2.75, 3.05) is 0 Å². The number of hydrogen-bond acceptors (Lipinski definition) is 1. The Hall–Kier alpha value is -1.11. The Morgan fingerprint density at radius 3 is 1.88 bits per heavy atom. The maximum Gasteiger partial charge on any atom is 0.132 e. The van der Waals surface area contributed by atoms with Crippen LogP contribution in [0.25, 0.3) is 0 Å². The molecule has 33 heavy (non-hydrogen) atoms. The monoisotopic (exact) mass is 456 g/mol. The van der Waals surface area contributed by atoms with Crippen molar-refractivity contribution in [3.63, 3.8) is 0 Å². The van der Waals surface area contributed by atoms with Gasteiger partial charge in [0.1, 0.15) is 5.78 Å². The van der Waals surface area contributed by atoms with Gasteiger partial charge in [-0.1, -0.05) is 113 Å². The molecule has 0 fully saturated rings. The average molecular weight is 457 g/mol. The third-order valence-corrected chi connectivity index (χ3v) is 7.62. The Bertz CT molecular complexity index is 592. The molecule has 0 saturated heterocycles. The van der Waals surface area contributed by atoms with Gasteiger partial charge in [0.15, 0.2) is 0 Å². The zero-order chi connectivity index (χ0) is 24.2. The van der Waals surface area contributed by atoms with Crippen molar-refractivity contribution in [3.05, 3.63) is 34.9 Å². The summed E-state index contributed by atoms with van der Waals surface area (Å²) in [7, 11) is 0. The Kier molecular flexibility index (Phi) is 18.4. The lowest BCUT2D eigenvalue weighted by Gasteiger charge is -2.19. The van der Waals surface area contributed by atoms with E-state index in [-0.39, 0.29) is 0 Å². The molecule has 0 aromatic rings. The van der Waals surface area contributed by atoms with Gasteiger partial charge in [-0.2, -0.15) is 0 Å². The van der Waals surface area contributed by atoms with E-state index < -0.39 is 0 Å². The van der Waals surface area contributed by atoms with Gasteiger partial charge in [-0.05, 0) is 71.6 Å². The zero-order valence-electron chi connectivity index (χ0n) is 22.9. The summed E-state index contributed by atoms with van der Waals surface area (Å²) in [6.07, 6.45) is 32.8. The fourth-order valence-electron chi connectivity index (χ4n) is 5.02. The van der Waals surface area contributed by atoms with E-state index in [2.05, 4.69) is 39.0 Å². The summed E-state index contributed by atoms with van der Waals surface area (Å²) in [6.45, 7) is 8.97. The normalized spacial score (nSPS) is 22.8. The maximum absolute atomic E-state index is 11.3. The molecule has 0 aliphatic heterocycles. The first-order valence-corrected chi connectivity index (χ1v) is 14.5. The van der Waals surface area contributed by atoms with E-state index in [0.717, 1.165) is 25.2 Å². The highest BCUT2D eigenvalue weighted by atomic mass is 16.1. The van der Waals surface area contributed by atoms with Crippen molar-refractivity contribution in [2.45, 2.75) is 156 Å². The number of Topliss-reactive ketones (excluding diaryl/α,β-unsaturated/α-hetero) is 1. The number of unbranched alkanes of at least 4 members (excludes halogenated alkanes) is 11. The van der Waals surface area contributed by atoms with E-state index in [4.69, 9.17) is 0 Å². The van der Waals surface area contributed by atoms with Gasteiger partial charge in [0.25, 0.3) is 0 Å². The van der Waals surface area contributed by atoms with Gasteiger partial charge < -0.3 is 0 Å². The Morgan fingerprint density at radius 1 is 0.727 bits per heavy atom. The third kappa shape index (κ3) is 17.0. The summed E-state index contributed by atoms with van der Waals surface area (Å²) in [5.74, 6) is 1.21. The lowest BCUT2D eigenvalue weighted by molar-refractivity contribution is -0.118. The molecule has 1 aliphatic rings. The van der Waals surface area contributed by atoms with Gasteiger partial charge >= 0.3 is 0 Å². The lowest BCUT2D eigenvalue weighted by Crippen LogP contribution is -2.03. The minimum Gasteiger partial charge on any atom is -0.300 e. The minimum absolute atomic E-state index is 0.433. The minimum atomic E-state index is 0.433. The van der Waals surface area contributed by atoms with Gasteiger partial charge in [-0.25, -0.2) is 0 Å². The summed E-state index contributed by atoms with van der Waals surface area (Å²) in [5, 5.41) is 0.